The lowest BCUT2D eigenvalue weighted by molar-refractivity contribution is 0.0934. The summed E-state index contributed by atoms with van der Waals surface area (Å²) in [6.07, 6.45) is 10.1. The summed E-state index contributed by atoms with van der Waals surface area (Å²) in [4.78, 5) is 56.0. The van der Waals surface area contributed by atoms with Crippen molar-refractivity contribution >= 4 is 57.3 Å². The Morgan fingerprint density at radius 1 is 0.867 bits per heavy atom. The van der Waals surface area contributed by atoms with Crippen molar-refractivity contribution in [2.45, 2.75) is 69.9 Å². The average Bonchev–Trinajstić information content (AvgIpc) is 3.94. The maximum Gasteiger partial charge on any atom is 0.274 e. The van der Waals surface area contributed by atoms with Crippen LogP contribution in [0.2, 0.25) is 0 Å². The number of carbonyl (C=O) groups excluding carboxylic acids is 4. The van der Waals surface area contributed by atoms with Crippen LogP contribution in [0.3, 0.4) is 0 Å². The topological polar surface area (TPSA) is 175 Å². The maximum atomic E-state index is 15.3. The van der Waals surface area contributed by atoms with Crippen LogP contribution < -0.4 is 25.8 Å². The Bertz CT molecular complexity index is 2520. The van der Waals surface area contributed by atoms with E-state index in [0.29, 0.717) is 30.1 Å². The van der Waals surface area contributed by atoms with Gasteiger partial charge in [0.25, 0.3) is 11.8 Å². The smallest absolute Gasteiger partial charge is 0.274 e. The fourth-order valence-corrected chi connectivity index (χ4v) is 9.18. The first-order valence-corrected chi connectivity index (χ1v) is 20.9. The van der Waals surface area contributed by atoms with Gasteiger partial charge in [0.1, 0.15) is 34.8 Å². The number of likely N-dealkylation sites (tertiary alicyclic amines) is 1. The third kappa shape index (κ3) is 8.11. The molecule has 7 heterocycles. The highest BCUT2D eigenvalue weighted by atomic mass is 19.1. The number of carbonyl (C=O) groups is 2. The first-order valence-electron chi connectivity index (χ1n) is 20.9. The number of nitrogens with zero attached hydrogens (tertiary/aromatic N) is 9. The van der Waals surface area contributed by atoms with E-state index in [2.05, 4.69) is 63.1 Å². The van der Waals surface area contributed by atoms with Gasteiger partial charge in [0.15, 0.2) is 5.65 Å². The van der Waals surface area contributed by atoms with Crippen LogP contribution >= 0.6 is 0 Å². The van der Waals surface area contributed by atoms with Crippen molar-refractivity contribution < 1.29 is 23.6 Å². The van der Waals surface area contributed by atoms with Crippen LogP contribution in [-0.4, -0.2) is 110 Å². The molecule has 310 valence electrons. The third-order valence-electron chi connectivity index (χ3n) is 12.5. The van der Waals surface area contributed by atoms with Crippen molar-refractivity contribution in [3.63, 3.8) is 0 Å². The van der Waals surface area contributed by atoms with Crippen molar-refractivity contribution in [1.82, 2.24) is 45.4 Å². The van der Waals surface area contributed by atoms with Gasteiger partial charge in [-0.2, -0.15) is 9.61 Å². The zero-order chi connectivity index (χ0) is 41.2. The molecule has 1 atom stereocenters. The lowest BCUT2D eigenvalue weighted by Crippen LogP contribution is -2.44. The highest BCUT2D eigenvalue weighted by Crippen LogP contribution is 2.35. The van der Waals surface area contributed by atoms with Crippen molar-refractivity contribution in [1.29, 1.82) is 0 Å². The van der Waals surface area contributed by atoms with Crippen molar-refractivity contribution in [2.24, 2.45) is 5.92 Å². The maximum absolute atomic E-state index is 15.3. The minimum atomic E-state index is -0.691. The first kappa shape index (κ1) is 39.1. The van der Waals surface area contributed by atoms with E-state index in [-0.39, 0.29) is 28.9 Å². The van der Waals surface area contributed by atoms with E-state index < -0.39 is 17.8 Å². The summed E-state index contributed by atoms with van der Waals surface area (Å²) >= 11 is 0. The van der Waals surface area contributed by atoms with Crippen molar-refractivity contribution in [3.05, 3.63) is 83.2 Å². The summed E-state index contributed by atoms with van der Waals surface area (Å²) in [5, 5.41) is 26.3. The summed E-state index contributed by atoms with van der Waals surface area (Å²) < 4.78 is 18.8. The van der Waals surface area contributed by atoms with Crippen LogP contribution in [0.4, 0.5) is 21.5 Å². The predicted molar refractivity (Wildman–Crippen MR) is 223 cm³/mol. The van der Waals surface area contributed by atoms with E-state index in [1.54, 1.807) is 36.1 Å². The van der Waals surface area contributed by atoms with Crippen molar-refractivity contribution in [3.8, 4) is 0 Å². The molecular formula is C43H47FN12O4. The third-order valence-corrected chi connectivity index (χ3v) is 12.5. The molecule has 4 aliphatic rings. The Morgan fingerprint density at radius 2 is 1.68 bits per heavy atom. The second-order valence-corrected chi connectivity index (χ2v) is 16.3. The summed E-state index contributed by atoms with van der Waals surface area (Å²) in [5.74, 6) is 2.46. The van der Waals surface area contributed by atoms with Crippen LogP contribution in [0.5, 0.6) is 0 Å². The fraction of sp³-hybridized carbons (Fsp3) is 0.442. The normalized spacial score (nSPS) is 19.6. The van der Waals surface area contributed by atoms with Gasteiger partial charge in [0.2, 0.25) is 0 Å². The molecule has 0 bridgehead atoms. The van der Waals surface area contributed by atoms with Gasteiger partial charge in [-0.3, -0.25) is 14.3 Å². The van der Waals surface area contributed by atoms with Crippen molar-refractivity contribution in [2.75, 3.05) is 60.9 Å². The van der Waals surface area contributed by atoms with Crippen LogP contribution in [0, 0.1) is 11.7 Å². The largest absolute Gasteiger partial charge is 0.371 e. The number of tetrazole rings is 1. The second kappa shape index (κ2) is 17.1. The van der Waals surface area contributed by atoms with Gasteiger partial charge in [-0.15, -0.1) is 5.10 Å². The van der Waals surface area contributed by atoms with E-state index in [9.17, 15) is 19.2 Å². The molecule has 2 amide bonds. The molecule has 0 aliphatic carbocycles. The molecule has 0 radical (unpaired) electrons. The predicted octanol–water partition coefficient (Wildman–Crippen LogP) is 4.32. The van der Waals surface area contributed by atoms with Gasteiger partial charge in [0.05, 0.1) is 34.5 Å². The van der Waals surface area contributed by atoms with E-state index in [1.807, 2.05) is 6.07 Å². The number of amides is 2. The number of nitrogens with one attached hydrogen (secondary N) is 3. The summed E-state index contributed by atoms with van der Waals surface area (Å²) in [7, 11) is 0. The Kier molecular flexibility index (Phi) is 11.1. The Morgan fingerprint density at radius 3 is 2.45 bits per heavy atom. The van der Waals surface area contributed by atoms with Crippen LogP contribution in [0.1, 0.15) is 84.7 Å². The summed E-state index contributed by atoms with van der Waals surface area (Å²) in [6, 6.07) is 13.7. The number of allylic oxidation sites excluding steroid dienone is 1. The monoisotopic (exact) mass is 814 g/mol. The van der Waals surface area contributed by atoms with Gasteiger partial charge in [-0.1, -0.05) is 6.07 Å². The standard InChI is InChI=1S/C43H47FN12O4/c44-34-22-32(8-9-33(34)42(59)46-35-10-7-30(26-57)45-38(35)27-58)53-19-11-28(12-20-53)24-52-17-13-31(14-18-52)55-25-29-21-37(40(23-36(29)49-55)54-15-2-1-3-16-54)47-43(60)39-5-4-6-41-48-50-51-56(39)41/h4-6,8-9,21-23,25,28,31,35,45H,1-3,7,10-20,24H2,(H,46,59)(H,47,60)/t35-/m0/s1. The Balaban J connectivity index is 0.790. The molecule has 17 heteroatoms. The lowest BCUT2D eigenvalue weighted by atomic mass is 9.94. The molecule has 0 unspecified atom stereocenters. The molecule has 3 aromatic heterocycles. The Hall–Kier alpha value is -6.41. The quantitative estimate of drug-likeness (QED) is 0.180. The molecule has 2 aromatic carbocycles. The van der Waals surface area contributed by atoms with Gasteiger partial charge < -0.3 is 30.7 Å². The number of halogens is 1. The minimum Gasteiger partial charge on any atom is -0.371 e. The number of aromatic nitrogens is 6. The van der Waals surface area contributed by atoms with E-state index >= 15 is 4.39 Å². The summed E-state index contributed by atoms with van der Waals surface area (Å²) in [6.45, 7) is 6.43. The van der Waals surface area contributed by atoms with E-state index in [4.69, 9.17) is 5.10 Å². The molecule has 4 saturated heterocycles. The number of hydrogen-bond acceptors (Lipinski definition) is 12. The molecule has 0 saturated carbocycles. The van der Waals surface area contributed by atoms with Gasteiger partial charge >= 0.3 is 0 Å². The molecule has 16 nitrogen and oxygen atoms in total. The number of pyridine rings is 1. The number of benzene rings is 2. The average molecular weight is 815 g/mol. The van der Waals surface area contributed by atoms with Gasteiger partial charge in [0, 0.05) is 69.5 Å². The molecule has 3 N–H and O–H groups in total. The SMILES string of the molecule is O=C=C1CC[C@H](NC(=O)c2ccc(N3CCC(CN4CCC(n5cc6cc(NC(=O)c7cccc8nnnn78)c(N7CCCCC7)cc6n5)CC4)CC3)cc2F)C(=C=O)N1. The zero-order valence-electron chi connectivity index (χ0n) is 33.3. The Labute approximate surface area is 345 Å². The fourth-order valence-electron chi connectivity index (χ4n) is 9.18. The van der Waals surface area contributed by atoms with E-state index in [1.165, 1.54) is 23.1 Å². The highest BCUT2D eigenvalue weighted by molar-refractivity contribution is 6.07. The minimum absolute atomic E-state index is 0.0301. The molecule has 4 aliphatic heterocycles. The zero-order valence-corrected chi connectivity index (χ0v) is 33.3. The number of fused-ring (bicyclic) bond motifs is 2. The first-order chi connectivity index (χ1) is 29.3. The number of piperidine rings is 4. The van der Waals surface area contributed by atoms with Gasteiger partial charge in [-0.25, -0.2) is 14.0 Å². The van der Waals surface area contributed by atoms with Crippen LogP contribution in [-0.2, 0) is 9.59 Å². The lowest BCUT2D eigenvalue weighted by Gasteiger charge is -2.38. The van der Waals surface area contributed by atoms with Crippen LogP contribution in [0.25, 0.3) is 16.6 Å². The molecule has 5 aromatic rings. The molecule has 9 rings (SSSR count). The molecular weight excluding hydrogens is 768 g/mol. The highest BCUT2D eigenvalue weighted by Gasteiger charge is 2.29. The molecule has 4 fully saturated rings. The molecule has 0 spiro atoms. The second-order valence-electron chi connectivity index (χ2n) is 16.3. The number of hydrogen-bond donors (Lipinski definition) is 3. The number of rotatable bonds is 9. The summed E-state index contributed by atoms with van der Waals surface area (Å²) in [5.41, 5.74) is 4.40. The van der Waals surface area contributed by atoms with Crippen LogP contribution in [0.15, 0.2) is 66.1 Å². The van der Waals surface area contributed by atoms with Gasteiger partial charge in [-0.05, 0) is 110 Å². The number of anilines is 3. The molecule has 60 heavy (non-hydrogen) atoms. The van der Waals surface area contributed by atoms with E-state index in [0.717, 1.165) is 112 Å².